The lowest BCUT2D eigenvalue weighted by Crippen LogP contribution is -2.21. The standard InChI is InChI=1S/C20H21NO3/c1-20(2,15-6-4-3-5-7-15)11-10-18(22)21-16-8-9-17-14(12-16)13-24-19(17)23/h3-9,12H,10-11,13H2,1-2H3,(H,21,22). The first kappa shape index (κ1) is 16.2. The summed E-state index contributed by atoms with van der Waals surface area (Å²) in [4.78, 5) is 23.7. The van der Waals surface area contributed by atoms with Crippen LogP contribution in [0.2, 0.25) is 0 Å². The fourth-order valence-corrected chi connectivity index (χ4v) is 2.89. The number of fused-ring (bicyclic) bond motifs is 1. The van der Waals surface area contributed by atoms with Gasteiger partial charge in [-0.25, -0.2) is 4.79 Å². The van der Waals surface area contributed by atoms with E-state index in [0.717, 1.165) is 12.0 Å². The van der Waals surface area contributed by atoms with Crippen LogP contribution in [0.25, 0.3) is 0 Å². The molecule has 1 N–H and O–H groups in total. The van der Waals surface area contributed by atoms with Crippen LogP contribution in [0.15, 0.2) is 48.5 Å². The highest BCUT2D eigenvalue weighted by atomic mass is 16.5. The summed E-state index contributed by atoms with van der Waals surface area (Å²) in [5.41, 5.74) is 3.28. The molecule has 2 aromatic rings. The third-order valence-electron chi connectivity index (χ3n) is 4.50. The van der Waals surface area contributed by atoms with Gasteiger partial charge in [-0.3, -0.25) is 4.79 Å². The normalized spacial score (nSPS) is 13.3. The molecular formula is C20H21NO3. The van der Waals surface area contributed by atoms with Gasteiger partial charge < -0.3 is 10.1 Å². The van der Waals surface area contributed by atoms with E-state index in [1.807, 2.05) is 18.2 Å². The highest BCUT2D eigenvalue weighted by molar-refractivity contribution is 5.95. The Labute approximate surface area is 141 Å². The third-order valence-corrected chi connectivity index (χ3v) is 4.50. The highest BCUT2D eigenvalue weighted by Gasteiger charge is 2.23. The largest absolute Gasteiger partial charge is 0.457 e. The first-order valence-corrected chi connectivity index (χ1v) is 8.11. The van der Waals surface area contributed by atoms with Gasteiger partial charge >= 0.3 is 5.97 Å². The number of amides is 1. The fourth-order valence-electron chi connectivity index (χ4n) is 2.89. The lowest BCUT2D eigenvalue weighted by molar-refractivity contribution is -0.116. The second-order valence-electron chi connectivity index (χ2n) is 6.75. The molecule has 124 valence electrons. The minimum Gasteiger partial charge on any atom is -0.457 e. The SMILES string of the molecule is CC(C)(CCC(=O)Nc1ccc2c(c1)COC2=O)c1ccccc1. The van der Waals surface area contributed by atoms with Crippen molar-refractivity contribution in [2.45, 2.75) is 38.7 Å². The Balaban J connectivity index is 1.59. The molecule has 4 nitrogen and oxygen atoms in total. The predicted molar refractivity (Wildman–Crippen MR) is 92.9 cm³/mol. The third kappa shape index (κ3) is 3.48. The Bertz CT molecular complexity index is 766. The summed E-state index contributed by atoms with van der Waals surface area (Å²) in [6.07, 6.45) is 1.20. The fraction of sp³-hybridized carbons (Fsp3) is 0.300. The molecule has 0 saturated carbocycles. The molecule has 0 saturated heterocycles. The molecule has 0 aromatic heterocycles. The topological polar surface area (TPSA) is 55.4 Å². The summed E-state index contributed by atoms with van der Waals surface area (Å²) >= 11 is 0. The lowest BCUT2D eigenvalue weighted by Gasteiger charge is -2.25. The molecule has 1 heterocycles. The van der Waals surface area contributed by atoms with Crippen molar-refractivity contribution in [1.29, 1.82) is 0 Å². The van der Waals surface area contributed by atoms with Gasteiger partial charge in [0.2, 0.25) is 5.91 Å². The molecule has 24 heavy (non-hydrogen) atoms. The van der Waals surface area contributed by atoms with Gasteiger partial charge in [0.25, 0.3) is 0 Å². The first-order valence-electron chi connectivity index (χ1n) is 8.11. The van der Waals surface area contributed by atoms with E-state index < -0.39 is 0 Å². The van der Waals surface area contributed by atoms with E-state index in [2.05, 4.69) is 31.3 Å². The second kappa shape index (κ2) is 6.48. The number of benzene rings is 2. The summed E-state index contributed by atoms with van der Waals surface area (Å²) in [7, 11) is 0. The quantitative estimate of drug-likeness (QED) is 0.844. The van der Waals surface area contributed by atoms with Gasteiger partial charge in [-0.05, 0) is 35.6 Å². The minimum absolute atomic E-state index is 0.0239. The summed E-state index contributed by atoms with van der Waals surface area (Å²) in [6.45, 7) is 4.57. The number of anilines is 1. The molecule has 1 amide bonds. The molecule has 0 atom stereocenters. The number of ether oxygens (including phenoxy) is 1. The average Bonchev–Trinajstić information content (AvgIpc) is 2.95. The molecule has 1 aliphatic heterocycles. The summed E-state index contributed by atoms with van der Waals surface area (Å²) in [5.74, 6) is -0.323. The highest BCUT2D eigenvalue weighted by Crippen LogP contribution is 2.28. The van der Waals surface area contributed by atoms with Gasteiger partial charge in [-0.2, -0.15) is 0 Å². The minimum atomic E-state index is -0.299. The molecule has 3 rings (SSSR count). The molecule has 0 unspecified atom stereocenters. The van der Waals surface area contributed by atoms with E-state index in [9.17, 15) is 9.59 Å². The van der Waals surface area contributed by atoms with Crippen LogP contribution in [-0.2, 0) is 21.6 Å². The van der Waals surface area contributed by atoms with E-state index in [1.165, 1.54) is 5.56 Å². The Morgan fingerprint density at radius 1 is 1.17 bits per heavy atom. The summed E-state index contributed by atoms with van der Waals surface area (Å²) in [6, 6.07) is 15.5. The van der Waals surface area contributed by atoms with Crippen LogP contribution in [0, 0.1) is 0 Å². The molecule has 0 spiro atoms. The number of carbonyl (C=O) groups is 2. The zero-order valence-corrected chi connectivity index (χ0v) is 14.0. The Morgan fingerprint density at radius 2 is 1.92 bits per heavy atom. The molecule has 2 aromatic carbocycles. The summed E-state index contributed by atoms with van der Waals surface area (Å²) in [5, 5.41) is 2.90. The van der Waals surface area contributed by atoms with Crippen LogP contribution < -0.4 is 5.32 Å². The van der Waals surface area contributed by atoms with Crippen LogP contribution in [0.5, 0.6) is 0 Å². The van der Waals surface area contributed by atoms with Crippen LogP contribution in [0.4, 0.5) is 5.69 Å². The number of hydrogen-bond donors (Lipinski definition) is 1. The van der Waals surface area contributed by atoms with E-state index in [1.54, 1.807) is 18.2 Å². The molecule has 1 aliphatic rings. The molecule has 0 bridgehead atoms. The van der Waals surface area contributed by atoms with Crippen molar-refractivity contribution in [3.05, 3.63) is 65.2 Å². The van der Waals surface area contributed by atoms with Crippen LogP contribution >= 0.6 is 0 Å². The van der Waals surface area contributed by atoms with E-state index in [4.69, 9.17) is 4.74 Å². The number of hydrogen-bond acceptors (Lipinski definition) is 3. The number of esters is 1. The van der Waals surface area contributed by atoms with E-state index in [-0.39, 0.29) is 23.9 Å². The Kier molecular flexibility index (Phi) is 4.38. The van der Waals surface area contributed by atoms with E-state index in [0.29, 0.717) is 17.7 Å². The lowest BCUT2D eigenvalue weighted by atomic mass is 9.80. The maximum atomic E-state index is 12.2. The van der Waals surface area contributed by atoms with Crippen LogP contribution in [0.3, 0.4) is 0 Å². The van der Waals surface area contributed by atoms with Crippen molar-refractivity contribution in [1.82, 2.24) is 0 Å². The number of nitrogens with one attached hydrogen (secondary N) is 1. The second-order valence-corrected chi connectivity index (χ2v) is 6.75. The number of rotatable bonds is 5. The maximum absolute atomic E-state index is 12.2. The van der Waals surface area contributed by atoms with Crippen molar-refractivity contribution in [3.8, 4) is 0 Å². The smallest absolute Gasteiger partial charge is 0.338 e. The molecular weight excluding hydrogens is 302 g/mol. The number of cyclic esters (lactones) is 1. The average molecular weight is 323 g/mol. The van der Waals surface area contributed by atoms with Gasteiger partial charge in [0.1, 0.15) is 6.61 Å². The van der Waals surface area contributed by atoms with Crippen LogP contribution in [0.1, 0.15) is 48.2 Å². The van der Waals surface area contributed by atoms with Crippen molar-refractivity contribution >= 4 is 17.6 Å². The van der Waals surface area contributed by atoms with Gasteiger partial charge in [0.05, 0.1) is 5.56 Å². The predicted octanol–water partition coefficient (Wildman–Crippen LogP) is 4.05. The van der Waals surface area contributed by atoms with Gasteiger partial charge in [0, 0.05) is 17.7 Å². The van der Waals surface area contributed by atoms with Crippen molar-refractivity contribution in [2.24, 2.45) is 0 Å². The Hall–Kier alpha value is -2.62. The van der Waals surface area contributed by atoms with Crippen LogP contribution in [-0.4, -0.2) is 11.9 Å². The first-order chi connectivity index (χ1) is 11.5. The zero-order valence-electron chi connectivity index (χ0n) is 14.0. The van der Waals surface area contributed by atoms with Crippen molar-refractivity contribution in [2.75, 3.05) is 5.32 Å². The molecule has 0 aliphatic carbocycles. The zero-order chi connectivity index (χ0) is 17.2. The monoisotopic (exact) mass is 323 g/mol. The van der Waals surface area contributed by atoms with E-state index >= 15 is 0 Å². The molecule has 0 radical (unpaired) electrons. The molecule has 4 heteroatoms. The Morgan fingerprint density at radius 3 is 2.67 bits per heavy atom. The summed E-state index contributed by atoms with van der Waals surface area (Å²) < 4.78 is 4.97. The van der Waals surface area contributed by atoms with Crippen molar-refractivity contribution in [3.63, 3.8) is 0 Å². The molecule has 0 fully saturated rings. The van der Waals surface area contributed by atoms with Gasteiger partial charge in [0.15, 0.2) is 0 Å². The van der Waals surface area contributed by atoms with Gasteiger partial charge in [-0.1, -0.05) is 44.2 Å². The van der Waals surface area contributed by atoms with Crippen molar-refractivity contribution < 1.29 is 14.3 Å². The van der Waals surface area contributed by atoms with Gasteiger partial charge in [-0.15, -0.1) is 0 Å². The number of carbonyl (C=O) groups excluding carboxylic acids is 2. The maximum Gasteiger partial charge on any atom is 0.338 e.